The molecule has 1 aromatic heterocycles. The Labute approximate surface area is 142 Å². The third-order valence-corrected chi connectivity index (χ3v) is 5.27. The largest absolute Gasteiger partial charge is 0.378 e. The van der Waals surface area contributed by atoms with E-state index in [1.807, 2.05) is 0 Å². The maximum atomic E-state index is 12.8. The van der Waals surface area contributed by atoms with Gasteiger partial charge >= 0.3 is 0 Å². The van der Waals surface area contributed by atoms with E-state index in [2.05, 4.69) is 14.9 Å². The van der Waals surface area contributed by atoms with Crippen molar-refractivity contribution >= 4 is 5.91 Å². The van der Waals surface area contributed by atoms with E-state index < -0.39 is 0 Å². The van der Waals surface area contributed by atoms with Gasteiger partial charge < -0.3 is 14.4 Å². The van der Waals surface area contributed by atoms with Crippen molar-refractivity contribution in [2.45, 2.75) is 56.7 Å². The average molecular weight is 331 g/mol. The van der Waals surface area contributed by atoms with E-state index in [1.54, 1.807) is 12.4 Å². The van der Waals surface area contributed by atoms with Gasteiger partial charge in [-0.1, -0.05) is 0 Å². The second kappa shape index (κ2) is 7.15. The quantitative estimate of drug-likeness (QED) is 0.792. The molecule has 2 saturated heterocycles. The van der Waals surface area contributed by atoms with Gasteiger partial charge in [0.05, 0.1) is 31.4 Å². The van der Waals surface area contributed by atoms with Crippen LogP contribution in [0.3, 0.4) is 0 Å². The van der Waals surface area contributed by atoms with E-state index in [0.29, 0.717) is 26.1 Å². The first-order valence-electron chi connectivity index (χ1n) is 9.04. The van der Waals surface area contributed by atoms with Crippen LogP contribution in [0.5, 0.6) is 0 Å². The molecule has 6 nitrogen and oxygen atoms in total. The molecule has 3 aliphatic rings. The standard InChI is InChI=1S/C18H25N3O3/c22-18(4-3-14-7-19-12-20-8-14)21-15-5-17(24-9-13-1-2-13)6-16(21)11-23-10-15/h7-8,12-13,15-17H,1-6,9-11H2. The number of ether oxygens (including phenoxy) is 2. The number of carbonyl (C=O) groups excluding carboxylic acids is 1. The Kier molecular flexibility index (Phi) is 4.76. The van der Waals surface area contributed by atoms with E-state index in [1.165, 1.54) is 19.2 Å². The van der Waals surface area contributed by atoms with Gasteiger partial charge in [-0.15, -0.1) is 0 Å². The molecule has 2 bridgehead atoms. The zero-order valence-electron chi connectivity index (χ0n) is 14.0. The van der Waals surface area contributed by atoms with E-state index in [9.17, 15) is 4.79 Å². The first kappa shape index (κ1) is 16.0. The minimum atomic E-state index is 0.168. The van der Waals surface area contributed by atoms with Crippen LogP contribution in [0, 0.1) is 5.92 Å². The van der Waals surface area contributed by atoms with Crippen molar-refractivity contribution < 1.29 is 14.3 Å². The lowest BCUT2D eigenvalue weighted by molar-refractivity contribution is -0.160. The minimum absolute atomic E-state index is 0.168. The number of nitrogens with zero attached hydrogens (tertiary/aromatic N) is 3. The number of hydrogen-bond donors (Lipinski definition) is 0. The van der Waals surface area contributed by atoms with Crippen LogP contribution in [0.2, 0.25) is 0 Å². The molecule has 1 saturated carbocycles. The number of fused-ring (bicyclic) bond motifs is 2. The molecule has 0 N–H and O–H groups in total. The lowest BCUT2D eigenvalue weighted by atomic mass is 9.91. The monoisotopic (exact) mass is 331 g/mol. The topological polar surface area (TPSA) is 64.6 Å². The van der Waals surface area contributed by atoms with Gasteiger partial charge in [0.1, 0.15) is 6.33 Å². The third-order valence-electron chi connectivity index (χ3n) is 5.27. The summed E-state index contributed by atoms with van der Waals surface area (Å²) in [7, 11) is 0. The van der Waals surface area contributed by atoms with Crippen molar-refractivity contribution in [2.75, 3.05) is 19.8 Å². The second-order valence-corrected chi connectivity index (χ2v) is 7.26. The number of carbonyl (C=O) groups is 1. The number of piperidine rings is 1. The second-order valence-electron chi connectivity index (χ2n) is 7.26. The molecule has 2 aliphatic heterocycles. The highest BCUT2D eigenvalue weighted by Gasteiger charge is 2.42. The molecule has 3 heterocycles. The molecule has 3 fully saturated rings. The summed E-state index contributed by atoms with van der Waals surface area (Å²) in [6.45, 7) is 2.17. The van der Waals surface area contributed by atoms with Gasteiger partial charge in [-0.3, -0.25) is 4.79 Å². The molecule has 1 amide bonds. The molecule has 2 unspecified atom stereocenters. The van der Waals surface area contributed by atoms with Crippen LogP contribution in [0.25, 0.3) is 0 Å². The summed E-state index contributed by atoms with van der Waals surface area (Å²) < 4.78 is 11.8. The molecule has 24 heavy (non-hydrogen) atoms. The van der Waals surface area contributed by atoms with Crippen molar-refractivity contribution in [2.24, 2.45) is 5.92 Å². The molecule has 2 atom stereocenters. The van der Waals surface area contributed by atoms with Crippen LogP contribution < -0.4 is 0 Å². The van der Waals surface area contributed by atoms with Crippen LogP contribution >= 0.6 is 0 Å². The molecule has 0 aromatic carbocycles. The average Bonchev–Trinajstić information content (AvgIpc) is 3.42. The highest BCUT2D eigenvalue weighted by Crippen LogP contribution is 2.33. The maximum Gasteiger partial charge on any atom is 0.223 e. The highest BCUT2D eigenvalue weighted by molar-refractivity contribution is 5.77. The molecule has 1 aliphatic carbocycles. The first-order chi connectivity index (χ1) is 11.8. The van der Waals surface area contributed by atoms with Gasteiger partial charge in [-0.2, -0.15) is 0 Å². The minimum Gasteiger partial charge on any atom is -0.378 e. The van der Waals surface area contributed by atoms with Gasteiger partial charge in [0.15, 0.2) is 0 Å². The predicted molar refractivity (Wildman–Crippen MR) is 87.3 cm³/mol. The van der Waals surface area contributed by atoms with Gasteiger partial charge in [-0.05, 0) is 43.6 Å². The summed E-state index contributed by atoms with van der Waals surface area (Å²) in [6.07, 6.45) is 11.0. The number of aryl methyl sites for hydroxylation is 1. The SMILES string of the molecule is O=C(CCc1cncnc1)N1C2COCC1CC(OCC1CC1)C2. The lowest BCUT2D eigenvalue weighted by Crippen LogP contribution is -2.60. The van der Waals surface area contributed by atoms with Crippen LogP contribution in [0.4, 0.5) is 0 Å². The summed E-state index contributed by atoms with van der Waals surface area (Å²) >= 11 is 0. The van der Waals surface area contributed by atoms with Crippen LogP contribution in [-0.2, 0) is 20.7 Å². The Morgan fingerprint density at radius 2 is 1.92 bits per heavy atom. The number of morpholine rings is 1. The van der Waals surface area contributed by atoms with E-state index in [4.69, 9.17) is 9.47 Å². The van der Waals surface area contributed by atoms with Gasteiger partial charge in [0, 0.05) is 25.4 Å². The number of hydrogen-bond acceptors (Lipinski definition) is 5. The third kappa shape index (κ3) is 3.75. The number of amides is 1. The molecular weight excluding hydrogens is 306 g/mol. The molecule has 0 radical (unpaired) electrons. The summed E-state index contributed by atoms with van der Waals surface area (Å²) in [4.78, 5) is 22.8. The van der Waals surface area contributed by atoms with Gasteiger partial charge in [0.2, 0.25) is 5.91 Å². The lowest BCUT2D eigenvalue weighted by Gasteiger charge is -2.48. The summed E-state index contributed by atoms with van der Waals surface area (Å²) in [5.74, 6) is 1.01. The maximum absolute atomic E-state index is 12.8. The Balaban J connectivity index is 1.33. The van der Waals surface area contributed by atoms with Crippen LogP contribution in [0.15, 0.2) is 18.7 Å². The van der Waals surface area contributed by atoms with Crippen LogP contribution in [0.1, 0.15) is 37.7 Å². The first-order valence-corrected chi connectivity index (χ1v) is 9.04. The van der Waals surface area contributed by atoms with Crippen molar-refractivity contribution in [3.8, 4) is 0 Å². The van der Waals surface area contributed by atoms with E-state index >= 15 is 0 Å². The van der Waals surface area contributed by atoms with E-state index in [-0.39, 0.29) is 24.1 Å². The molecule has 1 aromatic rings. The molecule has 4 rings (SSSR count). The van der Waals surface area contributed by atoms with E-state index in [0.717, 1.165) is 30.9 Å². The smallest absolute Gasteiger partial charge is 0.223 e. The Morgan fingerprint density at radius 3 is 2.58 bits per heavy atom. The summed E-state index contributed by atoms with van der Waals surface area (Å²) in [5, 5.41) is 0. The normalized spacial score (nSPS) is 29.5. The summed E-state index contributed by atoms with van der Waals surface area (Å²) in [5.41, 5.74) is 1.01. The fourth-order valence-electron chi connectivity index (χ4n) is 3.80. The van der Waals surface area contributed by atoms with Gasteiger partial charge in [-0.25, -0.2) is 9.97 Å². The molecule has 130 valence electrons. The molecular formula is C18H25N3O3. The predicted octanol–water partition coefficient (Wildman–Crippen LogP) is 1.59. The zero-order chi connectivity index (χ0) is 16.4. The van der Waals surface area contributed by atoms with Crippen LogP contribution in [-0.4, -0.2) is 58.8 Å². The number of aromatic nitrogens is 2. The van der Waals surface area contributed by atoms with Gasteiger partial charge in [0.25, 0.3) is 0 Å². The number of rotatable bonds is 6. The van der Waals surface area contributed by atoms with Crippen molar-refractivity contribution in [3.05, 3.63) is 24.3 Å². The Bertz CT molecular complexity index is 550. The fourth-order valence-corrected chi connectivity index (χ4v) is 3.80. The Hall–Kier alpha value is -1.53. The zero-order valence-corrected chi connectivity index (χ0v) is 14.0. The fraction of sp³-hybridized carbons (Fsp3) is 0.722. The van der Waals surface area contributed by atoms with Crippen molar-refractivity contribution in [3.63, 3.8) is 0 Å². The summed E-state index contributed by atoms with van der Waals surface area (Å²) in [6, 6.07) is 0.336. The highest BCUT2D eigenvalue weighted by atomic mass is 16.5. The molecule has 0 spiro atoms. The van der Waals surface area contributed by atoms with Crippen molar-refractivity contribution in [1.29, 1.82) is 0 Å². The molecule has 6 heteroatoms. The van der Waals surface area contributed by atoms with Crippen molar-refractivity contribution in [1.82, 2.24) is 14.9 Å². The Morgan fingerprint density at radius 1 is 1.21 bits per heavy atom.